The normalized spacial score (nSPS) is 14.6. The maximum atomic E-state index is 12.3. The van der Waals surface area contributed by atoms with Crippen LogP contribution in [-0.4, -0.2) is 38.4 Å². The summed E-state index contributed by atoms with van der Waals surface area (Å²) in [5.41, 5.74) is 0.905. The molecule has 1 amide bonds. The lowest BCUT2D eigenvalue weighted by Gasteiger charge is -2.14. The van der Waals surface area contributed by atoms with E-state index in [2.05, 4.69) is 9.97 Å². The van der Waals surface area contributed by atoms with Gasteiger partial charge in [-0.1, -0.05) is 0 Å². The van der Waals surface area contributed by atoms with E-state index in [4.69, 9.17) is 0 Å². The van der Waals surface area contributed by atoms with Crippen molar-refractivity contribution in [3.63, 3.8) is 0 Å². The summed E-state index contributed by atoms with van der Waals surface area (Å²) in [5, 5.41) is 0. The van der Waals surface area contributed by atoms with Crippen LogP contribution in [0.3, 0.4) is 0 Å². The molecule has 0 atom stereocenters. The van der Waals surface area contributed by atoms with E-state index in [0.29, 0.717) is 24.0 Å². The van der Waals surface area contributed by atoms with Crippen molar-refractivity contribution in [1.82, 2.24) is 19.4 Å². The Balaban J connectivity index is 1.54. The van der Waals surface area contributed by atoms with Gasteiger partial charge in [0, 0.05) is 44.6 Å². The molecule has 116 valence electrons. The van der Waals surface area contributed by atoms with Crippen molar-refractivity contribution in [1.29, 1.82) is 0 Å². The van der Waals surface area contributed by atoms with Crippen LogP contribution in [0.2, 0.25) is 0 Å². The fraction of sp³-hybridized carbons (Fsp3) is 0.500. The highest BCUT2D eigenvalue weighted by Crippen LogP contribution is 2.11. The highest BCUT2D eigenvalue weighted by atomic mass is 16.2. The SMILES string of the molecule is O=C(CCCCn1ccc2nccnc2c1=O)N1CCCC1. The summed E-state index contributed by atoms with van der Waals surface area (Å²) in [7, 11) is 0. The van der Waals surface area contributed by atoms with Gasteiger partial charge in [-0.2, -0.15) is 0 Å². The summed E-state index contributed by atoms with van der Waals surface area (Å²) in [6.45, 7) is 2.42. The van der Waals surface area contributed by atoms with Crippen molar-refractivity contribution in [3.05, 3.63) is 35.0 Å². The number of carbonyl (C=O) groups is 1. The predicted molar refractivity (Wildman–Crippen MR) is 83.5 cm³/mol. The van der Waals surface area contributed by atoms with E-state index < -0.39 is 0 Å². The number of aromatic nitrogens is 3. The summed E-state index contributed by atoms with van der Waals surface area (Å²) in [5.74, 6) is 0.245. The van der Waals surface area contributed by atoms with Gasteiger partial charge in [0.05, 0.1) is 5.52 Å². The molecule has 2 aromatic heterocycles. The van der Waals surface area contributed by atoms with Crippen LogP contribution < -0.4 is 5.56 Å². The fourth-order valence-electron chi connectivity index (χ4n) is 2.86. The quantitative estimate of drug-likeness (QED) is 0.786. The number of amides is 1. The van der Waals surface area contributed by atoms with Crippen LogP contribution in [0.4, 0.5) is 0 Å². The third-order valence-corrected chi connectivity index (χ3v) is 4.10. The Morgan fingerprint density at radius 3 is 2.73 bits per heavy atom. The van der Waals surface area contributed by atoms with Crippen LogP contribution in [0.15, 0.2) is 29.5 Å². The van der Waals surface area contributed by atoms with Gasteiger partial charge >= 0.3 is 0 Å². The molecule has 6 nitrogen and oxygen atoms in total. The zero-order valence-corrected chi connectivity index (χ0v) is 12.6. The monoisotopic (exact) mass is 300 g/mol. The molecule has 1 saturated heterocycles. The number of fused-ring (bicyclic) bond motifs is 1. The average molecular weight is 300 g/mol. The van der Waals surface area contributed by atoms with Crippen molar-refractivity contribution in [2.75, 3.05) is 13.1 Å². The molecule has 0 N–H and O–H groups in total. The molecule has 2 aromatic rings. The first kappa shape index (κ1) is 14.7. The van der Waals surface area contributed by atoms with Crippen molar-refractivity contribution < 1.29 is 4.79 Å². The van der Waals surface area contributed by atoms with Gasteiger partial charge in [-0.05, 0) is 31.7 Å². The number of carbonyl (C=O) groups excluding carboxylic acids is 1. The number of rotatable bonds is 5. The molecule has 3 rings (SSSR count). The molecule has 22 heavy (non-hydrogen) atoms. The molecule has 0 aliphatic carbocycles. The van der Waals surface area contributed by atoms with Crippen LogP contribution in [0.1, 0.15) is 32.1 Å². The van der Waals surface area contributed by atoms with Crippen LogP contribution in [0.5, 0.6) is 0 Å². The molecule has 1 fully saturated rings. The number of aryl methyl sites for hydroxylation is 1. The summed E-state index contributed by atoms with van der Waals surface area (Å²) in [6, 6.07) is 1.80. The molecule has 0 spiro atoms. The maximum absolute atomic E-state index is 12.3. The van der Waals surface area contributed by atoms with E-state index in [9.17, 15) is 9.59 Å². The van der Waals surface area contributed by atoms with E-state index >= 15 is 0 Å². The Bertz CT molecular complexity index is 719. The number of unbranched alkanes of at least 4 members (excludes halogenated alkanes) is 1. The van der Waals surface area contributed by atoms with Crippen LogP contribution in [-0.2, 0) is 11.3 Å². The Kier molecular flexibility index (Phi) is 4.46. The van der Waals surface area contributed by atoms with Crippen molar-refractivity contribution >= 4 is 16.9 Å². The predicted octanol–water partition coefficient (Wildman–Crippen LogP) is 1.58. The standard InChI is InChI=1S/C16H20N4O2/c21-14(19-9-3-4-10-19)5-1-2-11-20-12-6-13-15(16(20)22)18-8-7-17-13/h6-8,12H,1-5,9-11H2. The zero-order valence-electron chi connectivity index (χ0n) is 12.6. The summed E-state index contributed by atoms with van der Waals surface area (Å²) < 4.78 is 1.65. The van der Waals surface area contributed by atoms with Gasteiger partial charge < -0.3 is 9.47 Å². The Hall–Kier alpha value is -2.24. The number of nitrogens with zero attached hydrogens (tertiary/aromatic N) is 4. The van der Waals surface area contributed by atoms with Crippen molar-refractivity contribution in [2.24, 2.45) is 0 Å². The van der Waals surface area contributed by atoms with E-state index in [0.717, 1.165) is 38.8 Å². The Labute approximate surface area is 128 Å². The molecule has 3 heterocycles. The number of hydrogen-bond donors (Lipinski definition) is 0. The molecule has 6 heteroatoms. The smallest absolute Gasteiger partial charge is 0.278 e. The molecular formula is C16H20N4O2. The number of pyridine rings is 1. The van der Waals surface area contributed by atoms with Crippen molar-refractivity contribution in [2.45, 2.75) is 38.6 Å². The van der Waals surface area contributed by atoms with Crippen LogP contribution in [0.25, 0.3) is 11.0 Å². The van der Waals surface area contributed by atoms with Gasteiger partial charge in [0.1, 0.15) is 0 Å². The maximum Gasteiger partial charge on any atom is 0.278 e. The molecule has 0 saturated carbocycles. The lowest BCUT2D eigenvalue weighted by molar-refractivity contribution is -0.130. The third kappa shape index (κ3) is 3.16. The third-order valence-electron chi connectivity index (χ3n) is 4.10. The fourth-order valence-corrected chi connectivity index (χ4v) is 2.86. The van der Waals surface area contributed by atoms with Gasteiger partial charge in [0.2, 0.25) is 5.91 Å². The first-order valence-corrected chi connectivity index (χ1v) is 7.83. The van der Waals surface area contributed by atoms with E-state index in [1.807, 2.05) is 4.90 Å². The molecule has 1 aliphatic rings. The second-order valence-electron chi connectivity index (χ2n) is 5.65. The highest BCUT2D eigenvalue weighted by molar-refractivity contribution is 5.76. The van der Waals surface area contributed by atoms with Gasteiger partial charge in [-0.15, -0.1) is 0 Å². The van der Waals surface area contributed by atoms with E-state index in [-0.39, 0.29) is 11.5 Å². The summed E-state index contributed by atoms with van der Waals surface area (Å²) in [4.78, 5) is 34.3. The van der Waals surface area contributed by atoms with Crippen LogP contribution >= 0.6 is 0 Å². The average Bonchev–Trinajstić information content (AvgIpc) is 3.08. The largest absolute Gasteiger partial charge is 0.343 e. The second kappa shape index (κ2) is 6.68. The topological polar surface area (TPSA) is 68.1 Å². The summed E-state index contributed by atoms with van der Waals surface area (Å²) >= 11 is 0. The first-order chi connectivity index (χ1) is 10.8. The molecule has 0 radical (unpaired) electrons. The lowest BCUT2D eigenvalue weighted by Crippen LogP contribution is -2.27. The second-order valence-corrected chi connectivity index (χ2v) is 5.65. The Morgan fingerprint density at radius 1 is 1.14 bits per heavy atom. The minimum atomic E-state index is -0.114. The molecule has 0 unspecified atom stereocenters. The Morgan fingerprint density at radius 2 is 1.91 bits per heavy atom. The van der Waals surface area contributed by atoms with Gasteiger partial charge in [0.25, 0.3) is 5.56 Å². The van der Waals surface area contributed by atoms with Gasteiger partial charge in [-0.3, -0.25) is 14.6 Å². The molecular weight excluding hydrogens is 280 g/mol. The molecule has 0 aromatic carbocycles. The van der Waals surface area contributed by atoms with Crippen molar-refractivity contribution in [3.8, 4) is 0 Å². The zero-order chi connectivity index (χ0) is 15.4. The molecule has 0 bridgehead atoms. The highest BCUT2D eigenvalue weighted by Gasteiger charge is 2.16. The number of hydrogen-bond acceptors (Lipinski definition) is 4. The molecule has 1 aliphatic heterocycles. The van der Waals surface area contributed by atoms with Gasteiger partial charge in [0.15, 0.2) is 5.52 Å². The first-order valence-electron chi connectivity index (χ1n) is 7.83. The van der Waals surface area contributed by atoms with E-state index in [1.165, 1.54) is 6.20 Å². The van der Waals surface area contributed by atoms with E-state index in [1.54, 1.807) is 23.0 Å². The minimum absolute atomic E-state index is 0.114. The van der Waals surface area contributed by atoms with Crippen LogP contribution in [0, 0.1) is 0 Å². The summed E-state index contributed by atoms with van der Waals surface area (Å²) in [6.07, 6.45) is 9.30. The minimum Gasteiger partial charge on any atom is -0.343 e. The number of likely N-dealkylation sites (tertiary alicyclic amines) is 1. The van der Waals surface area contributed by atoms with Gasteiger partial charge in [-0.25, -0.2) is 4.98 Å². The lowest BCUT2D eigenvalue weighted by atomic mass is 10.2.